The van der Waals surface area contributed by atoms with Crippen molar-refractivity contribution in [2.24, 2.45) is 0 Å². The maximum absolute atomic E-state index is 13.2. The predicted molar refractivity (Wildman–Crippen MR) is 83.9 cm³/mol. The van der Waals surface area contributed by atoms with Gasteiger partial charge in [0, 0.05) is 31.5 Å². The smallest absolute Gasteiger partial charge is 0.126 e. The summed E-state index contributed by atoms with van der Waals surface area (Å²) in [5.41, 5.74) is 3.98. The summed E-state index contributed by atoms with van der Waals surface area (Å²) < 4.78 is 13.2. The number of anilines is 2. The first-order valence-corrected chi connectivity index (χ1v) is 6.77. The number of aryl methyl sites for hydroxylation is 1. The van der Waals surface area contributed by atoms with E-state index in [0.29, 0.717) is 5.56 Å². The van der Waals surface area contributed by atoms with Gasteiger partial charge < -0.3 is 10.2 Å². The Labute approximate surface area is 120 Å². The molecule has 0 aliphatic heterocycles. The van der Waals surface area contributed by atoms with Crippen LogP contribution in [0, 0.1) is 12.7 Å². The maximum atomic E-state index is 13.2. The van der Waals surface area contributed by atoms with Crippen LogP contribution in [0.5, 0.6) is 0 Å². The summed E-state index contributed by atoms with van der Waals surface area (Å²) in [7, 11) is 4.05. The minimum Gasteiger partial charge on any atom is -0.379 e. The van der Waals surface area contributed by atoms with E-state index in [2.05, 4.69) is 41.4 Å². The molecule has 3 heteroatoms. The molecule has 0 saturated heterocycles. The lowest BCUT2D eigenvalue weighted by molar-refractivity contribution is 0.618. The van der Waals surface area contributed by atoms with E-state index < -0.39 is 0 Å². The van der Waals surface area contributed by atoms with Crippen molar-refractivity contribution in [1.82, 2.24) is 0 Å². The van der Waals surface area contributed by atoms with Gasteiger partial charge in [0.15, 0.2) is 0 Å². The van der Waals surface area contributed by atoms with E-state index >= 15 is 0 Å². The van der Waals surface area contributed by atoms with Crippen molar-refractivity contribution in [2.75, 3.05) is 24.3 Å². The average molecular weight is 272 g/mol. The summed E-state index contributed by atoms with van der Waals surface area (Å²) >= 11 is 0. The van der Waals surface area contributed by atoms with Gasteiger partial charge in [0.05, 0.1) is 0 Å². The Hall–Kier alpha value is -2.03. The van der Waals surface area contributed by atoms with Gasteiger partial charge in [-0.05, 0) is 55.3 Å². The van der Waals surface area contributed by atoms with Crippen molar-refractivity contribution in [1.29, 1.82) is 0 Å². The van der Waals surface area contributed by atoms with Gasteiger partial charge >= 0.3 is 0 Å². The third-order valence-corrected chi connectivity index (χ3v) is 3.45. The van der Waals surface area contributed by atoms with Gasteiger partial charge in [-0.15, -0.1) is 0 Å². The van der Waals surface area contributed by atoms with Crippen LogP contribution in [0.2, 0.25) is 0 Å². The highest BCUT2D eigenvalue weighted by molar-refractivity contribution is 5.50. The largest absolute Gasteiger partial charge is 0.379 e. The standard InChI is InChI=1S/C17H21FN2/c1-12-11-15(7-10-17(12)18)19-13(2)14-5-8-16(9-6-14)20(3)4/h5-11,13,19H,1-4H3. The van der Waals surface area contributed by atoms with Crippen LogP contribution in [-0.4, -0.2) is 14.1 Å². The Morgan fingerprint density at radius 2 is 1.70 bits per heavy atom. The molecule has 0 aromatic heterocycles. The zero-order valence-electron chi connectivity index (χ0n) is 12.4. The lowest BCUT2D eigenvalue weighted by Gasteiger charge is -2.18. The average Bonchev–Trinajstić information content (AvgIpc) is 2.43. The fourth-order valence-electron chi connectivity index (χ4n) is 2.13. The van der Waals surface area contributed by atoms with Crippen LogP contribution in [0.25, 0.3) is 0 Å². The highest BCUT2D eigenvalue weighted by Crippen LogP contribution is 2.22. The number of hydrogen-bond acceptors (Lipinski definition) is 2. The number of nitrogens with zero attached hydrogens (tertiary/aromatic N) is 1. The molecule has 1 unspecified atom stereocenters. The van der Waals surface area contributed by atoms with Gasteiger partial charge in [-0.3, -0.25) is 0 Å². The van der Waals surface area contributed by atoms with Crippen LogP contribution in [0.15, 0.2) is 42.5 Å². The van der Waals surface area contributed by atoms with Crippen molar-refractivity contribution in [3.8, 4) is 0 Å². The molecular formula is C17H21FN2. The monoisotopic (exact) mass is 272 g/mol. The lowest BCUT2D eigenvalue weighted by Crippen LogP contribution is -2.10. The number of benzene rings is 2. The molecule has 2 rings (SSSR count). The second-order valence-electron chi connectivity index (χ2n) is 5.32. The molecule has 0 aliphatic carbocycles. The Morgan fingerprint density at radius 3 is 2.25 bits per heavy atom. The van der Waals surface area contributed by atoms with Gasteiger partial charge in [-0.2, -0.15) is 0 Å². The molecule has 0 amide bonds. The summed E-state index contributed by atoms with van der Waals surface area (Å²) in [6, 6.07) is 13.7. The van der Waals surface area contributed by atoms with E-state index in [9.17, 15) is 4.39 Å². The third-order valence-electron chi connectivity index (χ3n) is 3.45. The molecule has 0 spiro atoms. The number of hydrogen-bond donors (Lipinski definition) is 1. The fraction of sp³-hybridized carbons (Fsp3) is 0.294. The highest BCUT2D eigenvalue weighted by atomic mass is 19.1. The Morgan fingerprint density at radius 1 is 1.05 bits per heavy atom. The molecule has 1 atom stereocenters. The fourth-order valence-corrected chi connectivity index (χ4v) is 2.13. The van der Waals surface area contributed by atoms with E-state index in [4.69, 9.17) is 0 Å². The molecule has 2 aromatic carbocycles. The molecule has 0 heterocycles. The summed E-state index contributed by atoms with van der Waals surface area (Å²) in [4.78, 5) is 2.07. The Bertz CT molecular complexity index is 576. The zero-order valence-corrected chi connectivity index (χ0v) is 12.4. The topological polar surface area (TPSA) is 15.3 Å². The quantitative estimate of drug-likeness (QED) is 0.889. The first-order chi connectivity index (χ1) is 9.47. The second kappa shape index (κ2) is 5.95. The second-order valence-corrected chi connectivity index (χ2v) is 5.32. The van der Waals surface area contributed by atoms with Crippen LogP contribution >= 0.6 is 0 Å². The Balaban J connectivity index is 2.10. The van der Waals surface area contributed by atoms with Crippen molar-refractivity contribution >= 4 is 11.4 Å². The molecule has 0 aliphatic rings. The minimum atomic E-state index is -0.168. The van der Waals surface area contributed by atoms with Gasteiger partial charge in [-0.25, -0.2) is 4.39 Å². The van der Waals surface area contributed by atoms with Crippen molar-refractivity contribution in [3.05, 3.63) is 59.4 Å². The molecule has 0 fully saturated rings. The molecule has 0 radical (unpaired) electrons. The normalized spacial score (nSPS) is 12.1. The third kappa shape index (κ3) is 3.29. The van der Waals surface area contributed by atoms with Crippen molar-refractivity contribution in [2.45, 2.75) is 19.9 Å². The maximum Gasteiger partial charge on any atom is 0.126 e. The van der Waals surface area contributed by atoms with E-state index in [0.717, 1.165) is 5.69 Å². The van der Waals surface area contributed by atoms with Crippen molar-refractivity contribution in [3.63, 3.8) is 0 Å². The molecule has 106 valence electrons. The van der Waals surface area contributed by atoms with Gasteiger partial charge in [-0.1, -0.05) is 12.1 Å². The number of halogens is 1. The molecular weight excluding hydrogens is 251 g/mol. The summed E-state index contributed by atoms with van der Waals surface area (Å²) in [6.07, 6.45) is 0. The number of rotatable bonds is 4. The van der Waals surface area contributed by atoms with E-state index in [1.54, 1.807) is 13.0 Å². The van der Waals surface area contributed by atoms with Crippen molar-refractivity contribution < 1.29 is 4.39 Å². The minimum absolute atomic E-state index is 0.168. The van der Waals surface area contributed by atoms with Crippen LogP contribution in [-0.2, 0) is 0 Å². The van der Waals surface area contributed by atoms with E-state index in [1.807, 2.05) is 20.2 Å². The molecule has 2 nitrogen and oxygen atoms in total. The molecule has 1 N–H and O–H groups in total. The molecule has 0 saturated carbocycles. The highest BCUT2D eigenvalue weighted by Gasteiger charge is 2.07. The predicted octanol–water partition coefficient (Wildman–Crippen LogP) is 4.37. The molecule has 2 aromatic rings. The van der Waals surface area contributed by atoms with Crippen LogP contribution < -0.4 is 10.2 Å². The summed E-state index contributed by atoms with van der Waals surface area (Å²) in [5, 5.41) is 3.39. The Kier molecular flexibility index (Phi) is 4.28. The first kappa shape index (κ1) is 14.4. The zero-order chi connectivity index (χ0) is 14.7. The van der Waals surface area contributed by atoms with Crippen LogP contribution in [0.3, 0.4) is 0 Å². The van der Waals surface area contributed by atoms with Gasteiger partial charge in [0.1, 0.15) is 5.82 Å². The van der Waals surface area contributed by atoms with E-state index in [-0.39, 0.29) is 11.9 Å². The molecule has 0 bridgehead atoms. The number of nitrogens with one attached hydrogen (secondary N) is 1. The van der Waals surface area contributed by atoms with Gasteiger partial charge in [0.2, 0.25) is 0 Å². The van der Waals surface area contributed by atoms with Crippen LogP contribution in [0.4, 0.5) is 15.8 Å². The summed E-state index contributed by atoms with van der Waals surface area (Å²) in [5.74, 6) is -0.168. The van der Waals surface area contributed by atoms with Crippen LogP contribution in [0.1, 0.15) is 24.1 Å². The molecule has 20 heavy (non-hydrogen) atoms. The lowest BCUT2D eigenvalue weighted by atomic mass is 10.1. The SMILES string of the molecule is Cc1cc(NC(C)c2ccc(N(C)C)cc2)ccc1F. The van der Waals surface area contributed by atoms with E-state index in [1.165, 1.54) is 17.3 Å². The first-order valence-electron chi connectivity index (χ1n) is 6.77. The van der Waals surface area contributed by atoms with Gasteiger partial charge in [0.25, 0.3) is 0 Å². The summed E-state index contributed by atoms with van der Waals surface area (Å²) in [6.45, 7) is 3.88.